The van der Waals surface area contributed by atoms with E-state index in [4.69, 9.17) is 5.41 Å². The molecule has 1 aromatic rings. The third-order valence-electron chi connectivity index (χ3n) is 1.62. The van der Waals surface area contributed by atoms with Gasteiger partial charge in [0, 0.05) is 6.42 Å². The second-order valence-electron chi connectivity index (χ2n) is 2.61. The van der Waals surface area contributed by atoms with Crippen molar-refractivity contribution in [2.24, 2.45) is 0 Å². The van der Waals surface area contributed by atoms with Crippen molar-refractivity contribution in [1.82, 2.24) is 0 Å². The molecule has 0 fully saturated rings. The van der Waals surface area contributed by atoms with E-state index in [-0.39, 0.29) is 18.9 Å². The molecule has 14 heavy (non-hydrogen) atoms. The Kier molecular flexibility index (Phi) is 6.79. The van der Waals surface area contributed by atoms with Gasteiger partial charge in [-0.15, -0.1) is 0 Å². The van der Waals surface area contributed by atoms with Gasteiger partial charge in [0.25, 0.3) is 0 Å². The molecule has 0 aromatic heterocycles. The topological polar surface area (TPSA) is 36.3 Å². The van der Waals surface area contributed by atoms with E-state index in [2.05, 4.69) is 10.9 Å². The number of nitrogens with zero attached hydrogens (tertiary/aromatic N) is 1. The number of benzene rings is 1. The predicted molar refractivity (Wildman–Crippen MR) is 55.5 cm³/mol. The van der Waals surface area contributed by atoms with Gasteiger partial charge in [-0.1, -0.05) is 25.1 Å². The molecule has 0 amide bonds. The summed E-state index contributed by atoms with van der Waals surface area (Å²) in [6.45, 7) is 2.02. The van der Waals surface area contributed by atoms with Crippen molar-refractivity contribution in [2.45, 2.75) is 13.3 Å². The van der Waals surface area contributed by atoms with Crippen LogP contribution in [0.15, 0.2) is 30.3 Å². The van der Waals surface area contributed by atoms with Crippen LogP contribution in [0.4, 0.5) is 0 Å². The van der Waals surface area contributed by atoms with Crippen LogP contribution in [0.1, 0.15) is 18.9 Å². The fourth-order valence-electron chi connectivity index (χ4n) is 0.989. The van der Waals surface area contributed by atoms with Crippen molar-refractivity contribution in [1.29, 1.82) is 0 Å². The van der Waals surface area contributed by atoms with E-state index < -0.39 is 0 Å². The molecule has 0 saturated carbocycles. The summed E-state index contributed by atoms with van der Waals surface area (Å²) >= 11 is 0. The first-order valence-electron chi connectivity index (χ1n) is 4.29. The average molecular weight is 179 g/mol. The quantitative estimate of drug-likeness (QED) is 0.405. The first-order chi connectivity index (χ1) is 6.38. The molecule has 1 rings (SSSR count). The summed E-state index contributed by atoms with van der Waals surface area (Å²) in [5.41, 5.74) is 1.53. The minimum Gasteiger partial charge on any atom is -0.758 e. The summed E-state index contributed by atoms with van der Waals surface area (Å²) in [6, 6.07) is 9.59. The van der Waals surface area contributed by atoms with E-state index in [1.807, 2.05) is 43.5 Å². The van der Waals surface area contributed by atoms with Crippen molar-refractivity contribution in [3.05, 3.63) is 41.3 Å². The van der Waals surface area contributed by atoms with Crippen molar-refractivity contribution in [3.63, 3.8) is 0 Å². The van der Waals surface area contributed by atoms with Crippen LogP contribution in [0.2, 0.25) is 0 Å². The van der Waals surface area contributed by atoms with Crippen molar-refractivity contribution >= 4 is 17.8 Å². The minimum absolute atomic E-state index is 0. The third-order valence-corrected chi connectivity index (χ3v) is 1.62. The Morgan fingerprint density at radius 3 is 2.57 bits per heavy atom. The maximum Gasteiger partial charge on any atom is 1.00 e. The molecule has 1 N–H and O–H groups in total. The Labute approximate surface area is 96.4 Å². The van der Waals surface area contributed by atoms with Gasteiger partial charge in [0.1, 0.15) is 6.21 Å². The Bertz CT molecular complexity index is 338. The van der Waals surface area contributed by atoms with E-state index in [9.17, 15) is 0 Å². The molecule has 0 spiro atoms. The van der Waals surface area contributed by atoms with Crippen LogP contribution >= 0.6 is 0 Å². The second kappa shape index (κ2) is 7.35. The number of nitrogens with one attached hydrogen (secondary N) is 1. The Morgan fingerprint density at radius 1 is 1.43 bits per heavy atom. The fourth-order valence-corrected chi connectivity index (χ4v) is 0.989. The molecule has 0 atom stereocenters. The summed E-state index contributed by atoms with van der Waals surface area (Å²) in [6.07, 6.45) is 2.77. The molecule has 0 heterocycles. The number of rotatable bonds is 3. The van der Waals surface area contributed by atoms with Crippen LogP contribution < -0.4 is 23.9 Å². The van der Waals surface area contributed by atoms with Gasteiger partial charge in [0.15, 0.2) is 0 Å². The van der Waals surface area contributed by atoms with E-state index in [0.717, 1.165) is 12.0 Å². The largest absolute Gasteiger partial charge is 1.00 e. The minimum atomic E-state index is 0. The molecule has 0 aliphatic carbocycles. The summed E-state index contributed by atoms with van der Waals surface area (Å²) < 4.78 is 0. The van der Waals surface area contributed by atoms with Gasteiger partial charge in [-0.25, -0.2) is 4.99 Å². The number of hydrogen-bond donors (Lipinski definition) is 1. The molecule has 0 aliphatic heterocycles. The molecule has 66 valence electrons. The first-order valence-corrected chi connectivity index (χ1v) is 4.29. The van der Waals surface area contributed by atoms with E-state index in [1.54, 1.807) is 0 Å². The zero-order valence-corrected chi connectivity index (χ0v) is 8.62. The van der Waals surface area contributed by atoms with Gasteiger partial charge in [-0.2, -0.15) is 5.87 Å². The van der Waals surface area contributed by atoms with Gasteiger partial charge in [0.2, 0.25) is 5.70 Å². The monoisotopic (exact) mass is 179 g/mol. The third kappa shape index (κ3) is 3.77. The smallest absolute Gasteiger partial charge is 0.758 e. The molecule has 0 saturated heterocycles. The normalized spacial score (nSPS) is 9.21. The van der Waals surface area contributed by atoms with Crippen molar-refractivity contribution < 1.29 is 23.9 Å². The van der Waals surface area contributed by atoms with Gasteiger partial charge in [0.05, 0.1) is 5.56 Å². The number of hydrogen-bond acceptors (Lipinski definition) is 0. The van der Waals surface area contributed by atoms with E-state index in [1.165, 1.54) is 0 Å². The predicted octanol–water partition coefficient (Wildman–Crippen LogP) is -2.17. The maximum absolute atomic E-state index is 8.84. The summed E-state index contributed by atoms with van der Waals surface area (Å²) in [5, 5.41) is 8.84. The van der Waals surface area contributed by atoms with Crippen molar-refractivity contribution in [3.8, 4) is 0 Å². The average Bonchev–Trinajstić information content (AvgIpc) is 2.21. The summed E-state index contributed by atoms with van der Waals surface area (Å²) in [7, 11) is 0. The van der Waals surface area contributed by atoms with Crippen LogP contribution in [0, 0.1) is 0 Å². The van der Waals surface area contributed by atoms with Crippen LogP contribution in [0.5, 0.6) is 0 Å². The molecule has 0 bridgehead atoms. The molecule has 3 heteroatoms. The summed E-state index contributed by atoms with van der Waals surface area (Å²) in [4.78, 5) is 2.97. The summed E-state index contributed by atoms with van der Waals surface area (Å²) in [5.74, 6) is 2.13. The standard InChI is InChI=1S/C11H11N2.Li/c1-2-8-13-11(9-12)10-6-4-3-5-7-10;/h3-8H,2H2,1H3;/q-1;+1/p+1. The van der Waals surface area contributed by atoms with Gasteiger partial charge in [-0.3, -0.25) is 0 Å². The van der Waals surface area contributed by atoms with Crippen LogP contribution in [0.3, 0.4) is 0 Å². The Morgan fingerprint density at radius 2 is 2.07 bits per heavy atom. The second-order valence-corrected chi connectivity index (χ2v) is 2.61. The van der Waals surface area contributed by atoms with Gasteiger partial charge in [-0.05, 0) is 12.1 Å². The molecule has 0 radical (unpaired) electrons. The van der Waals surface area contributed by atoms with Crippen LogP contribution in [-0.2, 0) is 0 Å². The van der Waals surface area contributed by atoms with E-state index in [0.29, 0.717) is 5.70 Å². The fraction of sp³-hybridized carbons (Fsp3) is 0.182. The molecule has 1 aromatic carbocycles. The zero-order valence-electron chi connectivity index (χ0n) is 8.62. The molecular weight excluding hydrogens is 167 g/mol. The van der Waals surface area contributed by atoms with Crippen molar-refractivity contribution in [2.75, 3.05) is 0 Å². The van der Waals surface area contributed by atoms with Crippen LogP contribution in [-0.4, -0.2) is 12.1 Å². The Balaban J connectivity index is 0.00000169. The zero-order chi connectivity index (χ0) is 9.52. The molecule has 0 unspecified atom stereocenters. The van der Waals surface area contributed by atoms with Gasteiger partial charge < -0.3 is 5.41 Å². The van der Waals surface area contributed by atoms with E-state index >= 15 is 0 Å². The molecule has 2 nitrogen and oxygen atoms in total. The SMILES string of the molecule is CCC=[NH+]C(=C=[N-])c1ccccc1.[Li+]. The molecule has 0 aliphatic rings. The van der Waals surface area contributed by atoms with Gasteiger partial charge >= 0.3 is 18.9 Å². The van der Waals surface area contributed by atoms with Crippen LogP contribution in [0.25, 0.3) is 11.1 Å². The first kappa shape index (κ1) is 12.9. The molecular formula is C11H12LiN2+. The Hall–Kier alpha value is -1.06. The maximum atomic E-state index is 8.84.